The van der Waals surface area contributed by atoms with Crippen molar-refractivity contribution in [2.24, 2.45) is 5.84 Å². The highest BCUT2D eigenvalue weighted by Crippen LogP contribution is 2.15. The van der Waals surface area contributed by atoms with Gasteiger partial charge in [0.25, 0.3) is 0 Å². The fraction of sp³-hybridized carbons (Fsp3) is 0.294. The lowest BCUT2D eigenvalue weighted by molar-refractivity contribution is 0.476. The van der Waals surface area contributed by atoms with Crippen LogP contribution in [0.15, 0.2) is 59.1 Å². The Morgan fingerprint density at radius 2 is 1.75 bits per heavy atom. The molecule has 0 aliphatic rings. The number of rotatable bonds is 7. The molecule has 0 radical (unpaired) electrons. The van der Waals surface area contributed by atoms with Crippen LogP contribution >= 0.6 is 15.9 Å². The van der Waals surface area contributed by atoms with Crippen molar-refractivity contribution in [2.75, 3.05) is 0 Å². The first-order valence-electron chi connectivity index (χ1n) is 7.02. The van der Waals surface area contributed by atoms with E-state index in [9.17, 15) is 0 Å². The average Bonchev–Trinajstić information content (AvgIpc) is 2.47. The minimum absolute atomic E-state index is 0.327. The second-order valence-electron chi connectivity index (χ2n) is 5.08. The first-order valence-corrected chi connectivity index (χ1v) is 7.81. The van der Waals surface area contributed by atoms with Crippen molar-refractivity contribution in [3.05, 3.63) is 70.2 Å². The van der Waals surface area contributed by atoms with Crippen LogP contribution in [0.5, 0.6) is 0 Å². The summed E-state index contributed by atoms with van der Waals surface area (Å²) in [5.41, 5.74) is 5.64. The summed E-state index contributed by atoms with van der Waals surface area (Å²) in [4.78, 5) is 0. The van der Waals surface area contributed by atoms with E-state index < -0.39 is 0 Å². The van der Waals surface area contributed by atoms with Gasteiger partial charge < -0.3 is 0 Å². The monoisotopic (exact) mass is 332 g/mol. The zero-order valence-corrected chi connectivity index (χ0v) is 13.1. The molecule has 0 aliphatic carbocycles. The van der Waals surface area contributed by atoms with Crippen LogP contribution in [0.2, 0.25) is 0 Å². The van der Waals surface area contributed by atoms with Crippen LogP contribution in [0.25, 0.3) is 0 Å². The Morgan fingerprint density at radius 1 is 1.00 bits per heavy atom. The summed E-state index contributed by atoms with van der Waals surface area (Å²) in [6, 6.07) is 19.3. The Bertz CT molecular complexity index is 513. The van der Waals surface area contributed by atoms with Gasteiger partial charge in [0.1, 0.15) is 0 Å². The van der Waals surface area contributed by atoms with E-state index in [0.29, 0.717) is 6.04 Å². The van der Waals surface area contributed by atoms with Crippen molar-refractivity contribution in [3.63, 3.8) is 0 Å². The van der Waals surface area contributed by atoms with Gasteiger partial charge in [-0.2, -0.15) is 0 Å². The molecule has 20 heavy (non-hydrogen) atoms. The molecular formula is C17H21BrN2. The van der Waals surface area contributed by atoms with Gasteiger partial charge in [-0.15, -0.1) is 0 Å². The quantitative estimate of drug-likeness (QED) is 0.597. The summed E-state index contributed by atoms with van der Waals surface area (Å²) in [5, 5.41) is 0. The van der Waals surface area contributed by atoms with Gasteiger partial charge in [-0.25, -0.2) is 0 Å². The highest BCUT2D eigenvalue weighted by Gasteiger charge is 2.08. The molecule has 2 nitrogen and oxygen atoms in total. The van der Waals surface area contributed by atoms with Crippen LogP contribution in [0.3, 0.4) is 0 Å². The molecule has 106 valence electrons. The summed E-state index contributed by atoms with van der Waals surface area (Å²) in [7, 11) is 0. The largest absolute Gasteiger partial charge is 0.271 e. The summed E-state index contributed by atoms with van der Waals surface area (Å²) >= 11 is 3.51. The number of nitrogens with one attached hydrogen (secondary N) is 1. The number of hydrazine groups is 1. The SMILES string of the molecule is NNC(CCCc1ccccc1)Cc1cccc(Br)c1. The molecule has 3 heteroatoms. The molecule has 0 aromatic heterocycles. The van der Waals surface area contributed by atoms with Crippen LogP contribution in [0.1, 0.15) is 24.0 Å². The van der Waals surface area contributed by atoms with Gasteiger partial charge in [-0.05, 0) is 48.9 Å². The lowest BCUT2D eigenvalue weighted by Crippen LogP contribution is -2.36. The smallest absolute Gasteiger partial charge is 0.0251 e. The maximum atomic E-state index is 5.68. The normalized spacial score (nSPS) is 12.3. The van der Waals surface area contributed by atoms with Crippen molar-refractivity contribution in [1.82, 2.24) is 5.43 Å². The van der Waals surface area contributed by atoms with E-state index in [-0.39, 0.29) is 0 Å². The van der Waals surface area contributed by atoms with Crippen LogP contribution in [-0.4, -0.2) is 6.04 Å². The molecule has 0 saturated heterocycles. The Hall–Kier alpha value is -1.16. The lowest BCUT2D eigenvalue weighted by Gasteiger charge is -2.16. The van der Waals surface area contributed by atoms with Gasteiger partial charge in [0.05, 0.1) is 0 Å². The Labute approximate surface area is 129 Å². The van der Waals surface area contributed by atoms with Gasteiger partial charge >= 0.3 is 0 Å². The molecule has 0 saturated carbocycles. The van der Waals surface area contributed by atoms with E-state index in [0.717, 1.165) is 30.2 Å². The number of aryl methyl sites for hydroxylation is 1. The van der Waals surface area contributed by atoms with Crippen LogP contribution in [0.4, 0.5) is 0 Å². The highest BCUT2D eigenvalue weighted by atomic mass is 79.9. The van der Waals surface area contributed by atoms with Crippen molar-refractivity contribution < 1.29 is 0 Å². The molecule has 3 N–H and O–H groups in total. The third-order valence-corrected chi connectivity index (χ3v) is 3.96. The summed E-state index contributed by atoms with van der Waals surface area (Å²) < 4.78 is 1.12. The third-order valence-electron chi connectivity index (χ3n) is 3.47. The van der Waals surface area contributed by atoms with Gasteiger partial charge in [0.2, 0.25) is 0 Å². The van der Waals surface area contributed by atoms with Gasteiger partial charge in [-0.1, -0.05) is 58.4 Å². The number of benzene rings is 2. The number of hydrogen-bond acceptors (Lipinski definition) is 2. The third kappa shape index (κ3) is 5.08. The number of hydrogen-bond donors (Lipinski definition) is 2. The second kappa shape index (κ2) is 8.20. The maximum absolute atomic E-state index is 5.68. The molecule has 2 aromatic rings. The molecule has 0 aliphatic heterocycles. The average molecular weight is 333 g/mol. The van der Waals surface area contributed by atoms with Crippen molar-refractivity contribution in [1.29, 1.82) is 0 Å². The molecule has 2 rings (SSSR count). The van der Waals surface area contributed by atoms with Crippen LogP contribution < -0.4 is 11.3 Å². The number of halogens is 1. The highest BCUT2D eigenvalue weighted by molar-refractivity contribution is 9.10. The van der Waals surface area contributed by atoms with Crippen molar-refractivity contribution >= 4 is 15.9 Å². The standard InChI is InChI=1S/C17H21BrN2/c18-16-10-4-9-15(12-16)13-17(20-19)11-5-8-14-6-2-1-3-7-14/h1-4,6-7,9-10,12,17,20H,5,8,11,13,19H2. The molecular weight excluding hydrogens is 312 g/mol. The summed E-state index contributed by atoms with van der Waals surface area (Å²) in [6.07, 6.45) is 4.30. The number of nitrogens with two attached hydrogens (primary N) is 1. The van der Waals surface area contributed by atoms with E-state index in [1.807, 2.05) is 6.07 Å². The molecule has 1 unspecified atom stereocenters. The van der Waals surface area contributed by atoms with Gasteiger partial charge in [0, 0.05) is 10.5 Å². The van der Waals surface area contributed by atoms with Gasteiger partial charge in [0.15, 0.2) is 0 Å². The fourth-order valence-electron chi connectivity index (χ4n) is 2.39. The van der Waals surface area contributed by atoms with E-state index in [2.05, 4.69) is 69.9 Å². The maximum Gasteiger partial charge on any atom is 0.0251 e. The second-order valence-corrected chi connectivity index (χ2v) is 5.99. The molecule has 0 heterocycles. The predicted molar refractivity (Wildman–Crippen MR) is 88.3 cm³/mol. The summed E-state index contributed by atoms with van der Waals surface area (Å²) in [5.74, 6) is 5.68. The molecule has 2 aromatic carbocycles. The van der Waals surface area contributed by atoms with Crippen molar-refractivity contribution in [3.8, 4) is 0 Å². The molecule has 0 spiro atoms. The topological polar surface area (TPSA) is 38.0 Å². The zero-order valence-electron chi connectivity index (χ0n) is 11.6. The molecule has 0 fully saturated rings. The van der Waals surface area contributed by atoms with E-state index in [1.165, 1.54) is 11.1 Å². The minimum Gasteiger partial charge on any atom is -0.271 e. The Morgan fingerprint density at radius 3 is 2.45 bits per heavy atom. The summed E-state index contributed by atoms with van der Waals surface area (Å²) in [6.45, 7) is 0. The van der Waals surface area contributed by atoms with Gasteiger partial charge in [-0.3, -0.25) is 11.3 Å². The first-order chi connectivity index (χ1) is 9.78. The van der Waals surface area contributed by atoms with Crippen molar-refractivity contribution in [2.45, 2.75) is 31.7 Å². The molecule has 0 bridgehead atoms. The molecule has 1 atom stereocenters. The zero-order chi connectivity index (χ0) is 14.2. The predicted octanol–water partition coefficient (Wildman–Crippen LogP) is 3.85. The van der Waals surface area contributed by atoms with Crippen LogP contribution in [0, 0.1) is 0 Å². The Balaban J connectivity index is 1.80. The van der Waals surface area contributed by atoms with Crippen LogP contribution in [-0.2, 0) is 12.8 Å². The van der Waals surface area contributed by atoms with E-state index in [4.69, 9.17) is 5.84 Å². The lowest BCUT2D eigenvalue weighted by atomic mass is 9.99. The minimum atomic E-state index is 0.327. The first kappa shape index (κ1) is 15.2. The van der Waals surface area contributed by atoms with E-state index in [1.54, 1.807) is 0 Å². The molecule has 0 amide bonds. The Kier molecular flexibility index (Phi) is 6.25. The van der Waals surface area contributed by atoms with E-state index >= 15 is 0 Å². The fourth-order valence-corrected chi connectivity index (χ4v) is 2.84.